The maximum absolute atomic E-state index is 12.3. The van der Waals surface area contributed by atoms with Gasteiger partial charge >= 0.3 is 0 Å². The van der Waals surface area contributed by atoms with Crippen molar-refractivity contribution in [2.24, 2.45) is 5.92 Å². The highest BCUT2D eigenvalue weighted by Gasteiger charge is 2.36. The number of aryl methyl sites for hydroxylation is 1. The molecule has 1 aliphatic heterocycles. The van der Waals surface area contributed by atoms with Crippen LogP contribution in [-0.4, -0.2) is 47.3 Å². The summed E-state index contributed by atoms with van der Waals surface area (Å²) in [5, 5.41) is 4.02. The molecule has 24 heavy (non-hydrogen) atoms. The van der Waals surface area contributed by atoms with Gasteiger partial charge in [-0.1, -0.05) is 5.16 Å². The number of thiophene rings is 1. The molecular formula is C17H21N3O3S. The molecule has 0 unspecified atom stereocenters. The van der Waals surface area contributed by atoms with Crippen LogP contribution in [0.3, 0.4) is 0 Å². The highest BCUT2D eigenvalue weighted by Crippen LogP contribution is 2.29. The Morgan fingerprint density at radius 2 is 2.25 bits per heavy atom. The first-order valence-corrected chi connectivity index (χ1v) is 9.26. The van der Waals surface area contributed by atoms with E-state index in [1.54, 1.807) is 0 Å². The van der Waals surface area contributed by atoms with Crippen molar-refractivity contribution in [1.82, 2.24) is 15.0 Å². The molecule has 6 nitrogen and oxygen atoms in total. The van der Waals surface area contributed by atoms with Crippen LogP contribution < -0.4 is 0 Å². The van der Waals surface area contributed by atoms with Crippen molar-refractivity contribution in [2.45, 2.75) is 32.1 Å². The summed E-state index contributed by atoms with van der Waals surface area (Å²) in [4.78, 5) is 20.5. The Kier molecular flexibility index (Phi) is 4.37. The van der Waals surface area contributed by atoms with Gasteiger partial charge in [0.25, 0.3) is 5.91 Å². The molecule has 1 aliphatic carbocycles. The van der Waals surface area contributed by atoms with Crippen LogP contribution >= 0.6 is 11.3 Å². The largest absolute Gasteiger partial charge is 0.381 e. The first kappa shape index (κ1) is 15.8. The molecule has 0 spiro atoms. The van der Waals surface area contributed by atoms with Gasteiger partial charge in [-0.3, -0.25) is 4.79 Å². The van der Waals surface area contributed by atoms with Crippen LogP contribution in [-0.2, 0) is 11.2 Å². The molecule has 2 aliphatic rings. The summed E-state index contributed by atoms with van der Waals surface area (Å²) in [6.45, 7) is 4.80. The number of carbonyl (C=O) groups is 1. The number of carbonyl (C=O) groups excluding carboxylic acids is 1. The van der Waals surface area contributed by atoms with E-state index in [2.05, 4.69) is 10.1 Å². The summed E-state index contributed by atoms with van der Waals surface area (Å²) in [6, 6.07) is 3.87. The van der Waals surface area contributed by atoms with Gasteiger partial charge < -0.3 is 14.2 Å². The summed E-state index contributed by atoms with van der Waals surface area (Å²) >= 11 is 1.54. The lowest BCUT2D eigenvalue weighted by molar-refractivity contribution is 0.0574. The van der Waals surface area contributed by atoms with E-state index in [9.17, 15) is 4.79 Å². The van der Waals surface area contributed by atoms with Gasteiger partial charge in [0.15, 0.2) is 5.82 Å². The Balaban J connectivity index is 1.23. The van der Waals surface area contributed by atoms with Crippen molar-refractivity contribution >= 4 is 17.2 Å². The van der Waals surface area contributed by atoms with Gasteiger partial charge in [-0.2, -0.15) is 4.98 Å². The molecule has 0 atom stereocenters. The fraction of sp³-hybridized carbons (Fsp3) is 0.588. The number of rotatable bonds is 7. The fourth-order valence-electron chi connectivity index (χ4n) is 2.74. The van der Waals surface area contributed by atoms with Crippen molar-refractivity contribution in [2.75, 3.05) is 26.3 Å². The normalized spacial score (nSPS) is 18.0. The molecule has 7 heteroatoms. The van der Waals surface area contributed by atoms with Crippen molar-refractivity contribution in [1.29, 1.82) is 0 Å². The zero-order valence-corrected chi connectivity index (χ0v) is 14.6. The third-order valence-electron chi connectivity index (χ3n) is 4.47. The number of aromatic nitrogens is 2. The molecule has 0 N–H and O–H groups in total. The number of hydrogen-bond acceptors (Lipinski definition) is 6. The van der Waals surface area contributed by atoms with Crippen LogP contribution in [0.25, 0.3) is 0 Å². The minimum Gasteiger partial charge on any atom is -0.381 e. The van der Waals surface area contributed by atoms with Crippen LogP contribution in [0.2, 0.25) is 0 Å². The molecular weight excluding hydrogens is 326 g/mol. The van der Waals surface area contributed by atoms with E-state index in [1.165, 1.54) is 24.2 Å². The molecule has 0 aromatic carbocycles. The molecule has 128 valence electrons. The quantitative estimate of drug-likeness (QED) is 0.720. The van der Waals surface area contributed by atoms with Gasteiger partial charge in [0.2, 0.25) is 5.89 Å². The van der Waals surface area contributed by atoms with Gasteiger partial charge in [-0.05, 0) is 37.8 Å². The zero-order chi connectivity index (χ0) is 16.5. The van der Waals surface area contributed by atoms with Crippen molar-refractivity contribution < 1.29 is 14.1 Å². The van der Waals surface area contributed by atoms with Crippen LogP contribution in [0, 0.1) is 12.8 Å². The lowest BCUT2D eigenvalue weighted by Gasteiger charge is -2.36. The van der Waals surface area contributed by atoms with E-state index < -0.39 is 0 Å². The van der Waals surface area contributed by atoms with E-state index in [1.807, 2.05) is 24.0 Å². The molecule has 1 saturated carbocycles. The Morgan fingerprint density at radius 1 is 1.42 bits per heavy atom. The Bertz CT molecular complexity index is 716. The maximum atomic E-state index is 12.3. The average molecular weight is 347 g/mol. The molecule has 2 aromatic heterocycles. The van der Waals surface area contributed by atoms with Gasteiger partial charge in [-0.15, -0.1) is 11.3 Å². The predicted molar refractivity (Wildman–Crippen MR) is 89.2 cm³/mol. The van der Waals surface area contributed by atoms with E-state index in [0.29, 0.717) is 37.8 Å². The van der Waals surface area contributed by atoms with Gasteiger partial charge in [0.1, 0.15) is 0 Å². The van der Waals surface area contributed by atoms with Crippen LogP contribution in [0.15, 0.2) is 16.7 Å². The van der Waals surface area contributed by atoms with Crippen molar-refractivity contribution in [3.05, 3.63) is 33.6 Å². The number of ether oxygens (including phenoxy) is 1. The van der Waals surface area contributed by atoms with Crippen LogP contribution in [0.1, 0.15) is 45.0 Å². The summed E-state index contributed by atoms with van der Waals surface area (Å²) in [5.41, 5.74) is 0. The minimum atomic E-state index is 0.0950. The van der Waals surface area contributed by atoms with E-state index in [4.69, 9.17) is 9.26 Å². The summed E-state index contributed by atoms with van der Waals surface area (Å²) in [7, 11) is 0. The number of amides is 1. The van der Waals surface area contributed by atoms with Crippen LogP contribution in [0.5, 0.6) is 0 Å². The highest BCUT2D eigenvalue weighted by atomic mass is 32.1. The molecule has 1 amide bonds. The van der Waals surface area contributed by atoms with Crippen LogP contribution in [0.4, 0.5) is 0 Å². The smallest absolute Gasteiger partial charge is 0.263 e. The molecule has 2 fully saturated rings. The lowest BCUT2D eigenvalue weighted by atomic mass is 10.00. The SMILES string of the molecule is Cc1ccc(C(=O)N2CC(c3nc(CCOCC4CC4)no3)C2)s1. The fourth-order valence-corrected chi connectivity index (χ4v) is 3.57. The third kappa shape index (κ3) is 3.52. The van der Waals surface area contributed by atoms with Gasteiger partial charge in [0.05, 0.1) is 17.4 Å². The number of nitrogens with zero attached hydrogens (tertiary/aromatic N) is 3. The molecule has 2 aromatic rings. The topological polar surface area (TPSA) is 68.5 Å². The lowest BCUT2D eigenvalue weighted by Crippen LogP contribution is -2.48. The standard InChI is InChI=1S/C17H21N3O3S/c1-11-2-5-14(24-11)17(21)20-8-13(9-20)16-18-15(19-23-16)6-7-22-10-12-3-4-12/h2,5,12-13H,3-4,6-10H2,1H3. The van der Waals surface area contributed by atoms with E-state index >= 15 is 0 Å². The minimum absolute atomic E-state index is 0.0950. The summed E-state index contributed by atoms with van der Waals surface area (Å²) in [6.07, 6.45) is 3.28. The molecule has 0 bridgehead atoms. The molecule has 4 rings (SSSR count). The van der Waals surface area contributed by atoms with Gasteiger partial charge in [0, 0.05) is 31.0 Å². The maximum Gasteiger partial charge on any atom is 0.263 e. The summed E-state index contributed by atoms with van der Waals surface area (Å²) in [5.74, 6) is 2.36. The molecule has 0 radical (unpaired) electrons. The highest BCUT2D eigenvalue weighted by molar-refractivity contribution is 7.13. The number of likely N-dealkylation sites (tertiary alicyclic amines) is 1. The first-order chi connectivity index (χ1) is 11.7. The molecule has 3 heterocycles. The Labute approximate surface area is 144 Å². The zero-order valence-electron chi connectivity index (χ0n) is 13.7. The Hall–Kier alpha value is -1.73. The van der Waals surface area contributed by atoms with E-state index in [-0.39, 0.29) is 11.8 Å². The predicted octanol–water partition coefficient (Wildman–Crippen LogP) is 2.65. The van der Waals surface area contributed by atoms with Crippen molar-refractivity contribution in [3.63, 3.8) is 0 Å². The number of hydrogen-bond donors (Lipinski definition) is 0. The first-order valence-electron chi connectivity index (χ1n) is 8.45. The average Bonchev–Trinajstić information content (AvgIpc) is 3.06. The summed E-state index contributed by atoms with van der Waals surface area (Å²) < 4.78 is 10.9. The van der Waals surface area contributed by atoms with Crippen molar-refractivity contribution in [3.8, 4) is 0 Å². The second-order valence-electron chi connectivity index (χ2n) is 6.63. The van der Waals surface area contributed by atoms with E-state index in [0.717, 1.165) is 22.3 Å². The molecule has 1 saturated heterocycles. The monoisotopic (exact) mass is 347 g/mol. The second kappa shape index (κ2) is 6.64. The third-order valence-corrected chi connectivity index (χ3v) is 5.46. The van der Waals surface area contributed by atoms with Gasteiger partial charge in [-0.25, -0.2) is 0 Å². The Morgan fingerprint density at radius 3 is 2.96 bits per heavy atom. The second-order valence-corrected chi connectivity index (χ2v) is 7.92.